The van der Waals surface area contributed by atoms with Gasteiger partial charge < -0.3 is 9.80 Å². The molecular weight excluding hydrogens is 254 g/mol. The molecule has 0 spiro atoms. The molecule has 0 saturated carbocycles. The van der Waals surface area contributed by atoms with Gasteiger partial charge in [-0.05, 0) is 31.7 Å². The van der Waals surface area contributed by atoms with Crippen molar-refractivity contribution < 1.29 is 9.59 Å². The summed E-state index contributed by atoms with van der Waals surface area (Å²) in [5.41, 5.74) is 1.05. The van der Waals surface area contributed by atoms with Gasteiger partial charge in [-0.15, -0.1) is 0 Å². The van der Waals surface area contributed by atoms with Gasteiger partial charge in [0.05, 0.1) is 11.1 Å². The van der Waals surface area contributed by atoms with Gasteiger partial charge in [0.1, 0.15) is 0 Å². The van der Waals surface area contributed by atoms with Crippen molar-refractivity contribution in [3.63, 3.8) is 0 Å². The molecule has 5 nitrogen and oxygen atoms in total. The van der Waals surface area contributed by atoms with Crippen molar-refractivity contribution in [1.82, 2.24) is 14.8 Å². The lowest BCUT2D eigenvalue weighted by molar-refractivity contribution is 0.0791. The van der Waals surface area contributed by atoms with E-state index in [1.165, 1.54) is 0 Å². The number of hydrogen-bond donors (Lipinski definition) is 0. The van der Waals surface area contributed by atoms with Crippen molar-refractivity contribution in [2.45, 2.75) is 25.7 Å². The predicted molar refractivity (Wildman–Crippen MR) is 74.5 cm³/mol. The van der Waals surface area contributed by atoms with Gasteiger partial charge in [-0.25, -0.2) is 0 Å². The highest BCUT2D eigenvalue weighted by Crippen LogP contribution is 2.16. The molecular formula is C15H19N3O2. The number of hydrogen-bond acceptors (Lipinski definition) is 3. The Bertz CT molecular complexity index is 474. The molecule has 0 aromatic carbocycles. The highest BCUT2D eigenvalue weighted by Gasteiger charge is 2.23. The van der Waals surface area contributed by atoms with Crippen molar-refractivity contribution in [2.24, 2.45) is 0 Å². The quantitative estimate of drug-likeness (QED) is 0.821. The minimum Gasteiger partial charge on any atom is -0.339 e. The molecule has 5 heteroatoms. The van der Waals surface area contributed by atoms with E-state index < -0.39 is 0 Å². The maximum absolute atomic E-state index is 12.3. The van der Waals surface area contributed by atoms with Crippen LogP contribution in [-0.2, 0) is 0 Å². The second kappa shape index (κ2) is 5.61. The van der Waals surface area contributed by atoms with Crippen molar-refractivity contribution >= 4 is 11.8 Å². The molecule has 2 fully saturated rings. The van der Waals surface area contributed by atoms with Crippen LogP contribution in [0, 0.1) is 0 Å². The molecule has 0 radical (unpaired) electrons. The fourth-order valence-electron chi connectivity index (χ4n) is 2.88. The van der Waals surface area contributed by atoms with Crippen molar-refractivity contribution in [2.75, 3.05) is 26.2 Å². The maximum atomic E-state index is 12.3. The number of pyridine rings is 1. The Morgan fingerprint density at radius 1 is 0.800 bits per heavy atom. The van der Waals surface area contributed by atoms with Gasteiger partial charge in [-0.3, -0.25) is 14.6 Å². The van der Waals surface area contributed by atoms with Crippen LogP contribution in [0.5, 0.6) is 0 Å². The smallest absolute Gasteiger partial charge is 0.255 e. The van der Waals surface area contributed by atoms with Crippen LogP contribution in [0.3, 0.4) is 0 Å². The molecule has 3 heterocycles. The molecule has 1 aromatic heterocycles. The van der Waals surface area contributed by atoms with Crippen molar-refractivity contribution in [3.8, 4) is 0 Å². The highest BCUT2D eigenvalue weighted by molar-refractivity contribution is 5.99. The summed E-state index contributed by atoms with van der Waals surface area (Å²) in [4.78, 5) is 32.4. The lowest BCUT2D eigenvalue weighted by Crippen LogP contribution is -2.30. The molecule has 0 aliphatic carbocycles. The zero-order valence-electron chi connectivity index (χ0n) is 11.5. The standard InChI is InChI=1S/C15H19N3O2/c19-14(17-5-1-2-6-17)12-9-13(11-16-10-12)15(20)18-7-3-4-8-18/h9-11H,1-8H2. The van der Waals surface area contributed by atoms with Gasteiger partial charge in [-0.1, -0.05) is 0 Å². The molecule has 0 unspecified atom stereocenters. The van der Waals surface area contributed by atoms with Crippen molar-refractivity contribution in [3.05, 3.63) is 29.6 Å². The summed E-state index contributed by atoms with van der Waals surface area (Å²) in [6, 6.07) is 1.69. The van der Waals surface area contributed by atoms with Crippen LogP contribution < -0.4 is 0 Å². The van der Waals surface area contributed by atoms with Crippen LogP contribution in [0.4, 0.5) is 0 Å². The first kappa shape index (κ1) is 13.1. The fourth-order valence-corrected chi connectivity index (χ4v) is 2.88. The molecule has 20 heavy (non-hydrogen) atoms. The summed E-state index contributed by atoms with van der Waals surface area (Å²) in [6.45, 7) is 3.23. The van der Waals surface area contributed by atoms with Gasteiger partial charge in [-0.2, -0.15) is 0 Å². The van der Waals surface area contributed by atoms with E-state index in [2.05, 4.69) is 4.98 Å². The van der Waals surface area contributed by atoms with Crippen LogP contribution >= 0.6 is 0 Å². The molecule has 106 valence electrons. The molecule has 0 N–H and O–H groups in total. The Kier molecular flexibility index (Phi) is 3.67. The number of likely N-dealkylation sites (tertiary alicyclic amines) is 2. The van der Waals surface area contributed by atoms with E-state index in [1.54, 1.807) is 18.5 Å². The lowest BCUT2D eigenvalue weighted by Gasteiger charge is -2.17. The minimum absolute atomic E-state index is 0.00827. The topological polar surface area (TPSA) is 53.5 Å². The van der Waals surface area contributed by atoms with Crippen LogP contribution in [0.15, 0.2) is 18.5 Å². The molecule has 3 rings (SSSR count). The number of nitrogens with zero attached hydrogens (tertiary/aromatic N) is 3. The van der Waals surface area contributed by atoms with Crippen LogP contribution in [-0.4, -0.2) is 52.8 Å². The molecule has 0 atom stereocenters. The van der Waals surface area contributed by atoms with Crippen LogP contribution in [0.1, 0.15) is 46.4 Å². The third-order valence-electron chi connectivity index (χ3n) is 4.02. The van der Waals surface area contributed by atoms with E-state index in [0.717, 1.165) is 51.9 Å². The third kappa shape index (κ3) is 2.53. The second-order valence-electron chi connectivity index (χ2n) is 5.46. The number of amides is 2. The number of rotatable bonds is 2. The molecule has 2 aliphatic rings. The average Bonchev–Trinajstić information content (AvgIpc) is 3.18. The van der Waals surface area contributed by atoms with E-state index in [4.69, 9.17) is 0 Å². The van der Waals surface area contributed by atoms with E-state index in [-0.39, 0.29) is 11.8 Å². The summed E-state index contributed by atoms with van der Waals surface area (Å²) in [5.74, 6) is -0.0165. The summed E-state index contributed by atoms with van der Waals surface area (Å²) >= 11 is 0. The molecule has 2 saturated heterocycles. The van der Waals surface area contributed by atoms with Crippen LogP contribution in [0.2, 0.25) is 0 Å². The SMILES string of the molecule is O=C(c1cncc(C(=O)N2CCCC2)c1)N1CCCC1. The Labute approximate surface area is 118 Å². The Balaban J connectivity index is 1.78. The van der Waals surface area contributed by atoms with E-state index in [0.29, 0.717) is 11.1 Å². The highest BCUT2D eigenvalue weighted by atomic mass is 16.2. The van der Waals surface area contributed by atoms with Crippen LogP contribution in [0.25, 0.3) is 0 Å². The normalized spacial score (nSPS) is 18.6. The predicted octanol–water partition coefficient (Wildman–Crippen LogP) is 1.55. The monoisotopic (exact) mass is 273 g/mol. The fraction of sp³-hybridized carbons (Fsp3) is 0.533. The summed E-state index contributed by atoms with van der Waals surface area (Å²) in [6.07, 6.45) is 7.36. The van der Waals surface area contributed by atoms with E-state index in [1.807, 2.05) is 9.80 Å². The summed E-state index contributed by atoms with van der Waals surface area (Å²) in [5, 5.41) is 0. The number of carbonyl (C=O) groups excluding carboxylic acids is 2. The Morgan fingerprint density at radius 2 is 1.20 bits per heavy atom. The van der Waals surface area contributed by atoms with Crippen molar-refractivity contribution in [1.29, 1.82) is 0 Å². The van der Waals surface area contributed by atoms with Gasteiger partial charge in [0.25, 0.3) is 11.8 Å². The first-order valence-electron chi connectivity index (χ1n) is 7.29. The second-order valence-corrected chi connectivity index (χ2v) is 5.46. The summed E-state index contributed by atoms with van der Waals surface area (Å²) in [7, 11) is 0. The summed E-state index contributed by atoms with van der Waals surface area (Å²) < 4.78 is 0. The average molecular weight is 273 g/mol. The van der Waals surface area contributed by atoms with Gasteiger partial charge >= 0.3 is 0 Å². The van der Waals surface area contributed by atoms with Gasteiger partial charge in [0, 0.05) is 38.6 Å². The van der Waals surface area contributed by atoms with E-state index in [9.17, 15) is 9.59 Å². The first-order valence-corrected chi connectivity index (χ1v) is 7.29. The molecule has 2 aliphatic heterocycles. The maximum Gasteiger partial charge on any atom is 0.255 e. The van der Waals surface area contributed by atoms with E-state index >= 15 is 0 Å². The number of aromatic nitrogens is 1. The largest absolute Gasteiger partial charge is 0.339 e. The molecule has 0 bridgehead atoms. The third-order valence-corrected chi connectivity index (χ3v) is 4.02. The number of carbonyl (C=O) groups is 2. The first-order chi connectivity index (χ1) is 9.75. The Morgan fingerprint density at radius 3 is 1.60 bits per heavy atom. The van der Waals surface area contributed by atoms with Gasteiger partial charge in [0.2, 0.25) is 0 Å². The zero-order valence-corrected chi connectivity index (χ0v) is 11.5. The zero-order chi connectivity index (χ0) is 13.9. The molecule has 1 aromatic rings. The molecule has 2 amide bonds. The lowest BCUT2D eigenvalue weighted by atomic mass is 10.1. The van der Waals surface area contributed by atoms with Gasteiger partial charge in [0.15, 0.2) is 0 Å². The Hall–Kier alpha value is -1.91. The minimum atomic E-state index is -0.00827.